The quantitative estimate of drug-likeness (QED) is 0.452. The lowest BCUT2D eigenvalue weighted by Crippen LogP contribution is -2.15. The van der Waals surface area contributed by atoms with E-state index in [4.69, 9.17) is 4.74 Å². The molecule has 2 rings (SSSR count). The average Bonchev–Trinajstić information content (AvgIpc) is 3.14. The SMILES string of the molecule is CCOC(=O)c1ccsc1NC(=O)/C(C#N)=C/c1ccc(Br)s1. The number of amides is 1. The molecule has 0 atom stereocenters. The van der Waals surface area contributed by atoms with Crippen LogP contribution in [0.25, 0.3) is 6.08 Å². The first-order valence-electron chi connectivity index (χ1n) is 6.48. The number of nitriles is 1. The lowest BCUT2D eigenvalue weighted by atomic mass is 10.2. The van der Waals surface area contributed by atoms with Crippen LogP contribution in [-0.2, 0) is 9.53 Å². The number of ether oxygens (including phenoxy) is 1. The van der Waals surface area contributed by atoms with Crippen molar-refractivity contribution < 1.29 is 14.3 Å². The van der Waals surface area contributed by atoms with Crippen molar-refractivity contribution in [3.8, 4) is 6.07 Å². The van der Waals surface area contributed by atoms with Gasteiger partial charge in [0.15, 0.2) is 0 Å². The van der Waals surface area contributed by atoms with Crippen LogP contribution in [0.1, 0.15) is 22.2 Å². The Morgan fingerprint density at radius 2 is 2.22 bits per heavy atom. The van der Waals surface area contributed by atoms with Crippen LogP contribution >= 0.6 is 38.6 Å². The summed E-state index contributed by atoms with van der Waals surface area (Å²) in [6.07, 6.45) is 1.50. The van der Waals surface area contributed by atoms with E-state index in [0.29, 0.717) is 5.00 Å². The fourth-order valence-electron chi connectivity index (χ4n) is 1.64. The Morgan fingerprint density at radius 3 is 2.83 bits per heavy atom. The maximum absolute atomic E-state index is 12.2. The van der Waals surface area contributed by atoms with Crippen molar-refractivity contribution in [3.05, 3.63) is 43.4 Å². The van der Waals surface area contributed by atoms with Gasteiger partial charge in [-0.1, -0.05) is 0 Å². The van der Waals surface area contributed by atoms with Gasteiger partial charge in [-0.3, -0.25) is 4.79 Å². The van der Waals surface area contributed by atoms with Gasteiger partial charge in [0.25, 0.3) is 5.91 Å². The monoisotopic (exact) mass is 410 g/mol. The second kappa shape index (κ2) is 8.06. The van der Waals surface area contributed by atoms with E-state index in [1.807, 2.05) is 12.1 Å². The minimum atomic E-state index is -0.565. The maximum atomic E-state index is 12.2. The number of nitrogens with one attached hydrogen (secondary N) is 1. The molecule has 0 aliphatic rings. The summed E-state index contributed by atoms with van der Waals surface area (Å²) in [4.78, 5) is 24.8. The molecule has 0 unspecified atom stereocenters. The second-order valence-corrected chi connectivity index (χ2v) is 7.56. The fourth-order valence-corrected chi connectivity index (χ4v) is 3.78. The highest BCUT2D eigenvalue weighted by Gasteiger charge is 2.18. The Bertz CT molecular complexity index is 802. The molecule has 118 valence electrons. The molecule has 0 spiro atoms. The van der Waals surface area contributed by atoms with E-state index >= 15 is 0 Å². The molecule has 0 aliphatic carbocycles. The number of carbonyl (C=O) groups excluding carboxylic acids is 2. The number of hydrogen-bond donors (Lipinski definition) is 1. The summed E-state index contributed by atoms with van der Waals surface area (Å²) >= 11 is 5.93. The highest BCUT2D eigenvalue weighted by molar-refractivity contribution is 9.11. The number of esters is 1. The summed E-state index contributed by atoms with van der Waals surface area (Å²) in [5, 5.41) is 13.8. The van der Waals surface area contributed by atoms with Crippen LogP contribution in [0.2, 0.25) is 0 Å². The summed E-state index contributed by atoms with van der Waals surface area (Å²) < 4.78 is 5.83. The van der Waals surface area contributed by atoms with Gasteiger partial charge >= 0.3 is 5.97 Å². The van der Waals surface area contributed by atoms with Gasteiger partial charge in [0.2, 0.25) is 0 Å². The van der Waals surface area contributed by atoms with E-state index in [1.54, 1.807) is 24.4 Å². The van der Waals surface area contributed by atoms with Crippen LogP contribution in [0, 0.1) is 11.3 Å². The topological polar surface area (TPSA) is 79.2 Å². The Hall–Kier alpha value is -1.95. The molecule has 0 radical (unpaired) electrons. The Labute approximate surface area is 149 Å². The molecule has 1 N–H and O–H groups in total. The van der Waals surface area contributed by atoms with E-state index in [1.165, 1.54) is 28.7 Å². The van der Waals surface area contributed by atoms with Crippen LogP contribution < -0.4 is 5.32 Å². The van der Waals surface area contributed by atoms with Crippen LogP contribution in [0.5, 0.6) is 0 Å². The van der Waals surface area contributed by atoms with Gasteiger partial charge in [0.05, 0.1) is 16.0 Å². The molecule has 23 heavy (non-hydrogen) atoms. The summed E-state index contributed by atoms with van der Waals surface area (Å²) in [7, 11) is 0. The molecule has 1 amide bonds. The number of rotatable bonds is 5. The smallest absolute Gasteiger partial charge is 0.341 e. The third-order valence-electron chi connectivity index (χ3n) is 2.63. The first-order chi connectivity index (χ1) is 11.0. The summed E-state index contributed by atoms with van der Waals surface area (Å²) in [5.41, 5.74) is 0.240. The molecule has 0 bridgehead atoms. The van der Waals surface area contributed by atoms with E-state index in [9.17, 15) is 14.9 Å². The van der Waals surface area contributed by atoms with Crippen LogP contribution in [-0.4, -0.2) is 18.5 Å². The van der Waals surface area contributed by atoms with Gasteiger partial charge in [0, 0.05) is 4.88 Å². The zero-order valence-electron chi connectivity index (χ0n) is 12.0. The van der Waals surface area contributed by atoms with Crippen molar-refractivity contribution in [2.24, 2.45) is 0 Å². The normalized spacial score (nSPS) is 10.9. The van der Waals surface area contributed by atoms with Crippen molar-refractivity contribution in [2.45, 2.75) is 6.92 Å². The lowest BCUT2D eigenvalue weighted by molar-refractivity contribution is -0.112. The van der Waals surface area contributed by atoms with Crippen molar-refractivity contribution in [1.29, 1.82) is 5.26 Å². The van der Waals surface area contributed by atoms with Gasteiger partial charge in [0.1, 0.15) is 16.6 Å². The number of thiophene rings is 2. The highest BCUT2D eigenvalue weighted by atomic mass is 79.9. The van der Waals surface area contributed by atoms with E-state index in [-0.39, 0.29) is 17.7 Å². The number of nitrogens with zero attached hydrogens (tertiary/aromatic N) is 1. The average molecular weight is 411 g/mol. The minimum Gasteiger partial charge on any atom is -0.462 e. The standard InChI is InChI=1S/C15H11BrN2O3S2/c1-2-21-15(20)11-5-6-22-14(11)18-13(19)9(8-17)7-10-3-4-12(16)23-10/h3-7H,2H2,1H3,(H,18,19)/b9-7+. The summed E-state index contributed by atoms with van der Waals surface area (Å²) in [6, 6.07) is 7.08. The first kappa shape index (κ1) is 17.4. The Balaban J connectivity index is 2.18. The zero-order chi connectivity index (χ0) is 16.8. The zero-order valence-corrected chi connectivity index (χ0v) is 15.2. The largest absolute Gasteiger partial charge is 0.462 e. The molecule has 2 heterocycles. The first-order valence-corrected chi connectivity index (χ1v) is 8.97. The van der Waals surface area contributed by atoms with Gasteiger partial charge in [-0.2, -0.15) is 5.26 Å². The summed E-state index contributed by atoms with van der Waals surface area (Å²) in [6.45, 7) is 1.96. The van der Waals surface area contributed by atoms with Crippen LogP contribution in [0.4, 0.5) is 5.00 Å². The molecule has 2 aromatic heterocycles. The maximum Gasteiger partial charge on any atom is 0.341 e. The predicted molar refractivity (Wildman–Crippen MR) is 94.5 cm³/mol. The van der Waals surface area contributed by atoms with Crippen LogP contribution in [0.15, 0.2) is 32.9 Å². The van der Waals surface area contributed by atoms with Crippen molar-refractivity contribution >= 4 is 61.6 Å². The Morgan fingerprint density at radius 1 is 1.43 bits per heavy atom. The molecule has 2 aromatic rings. The van der Waals surface area contributed by atoms with Gasteiger partial charge in [-0.15, -0.1) is 22.7 Å². The highest BCUT2D eigenvalue weighted by Crippen LogP contribution is 2.26. The molecule has 0 saturated carbocycles. The van der Waals surface area contributed by atoms with E-state index < -0.39 is 11.9 Å². The van der Waals surface area contributed by atoms with Crippen molar-refractivity contribution in [2.75, 3.05) is 11.9 Å². The lowest BCUT2D eigenvalue weighted by Gasteiger charge is -2.05. The number of carbonyl (C=O) groups is 2. The minimum absolute atomic E-state index is 0.0393. The molecular formula is C15H11BrN2O3S2. The Kier molecular flexibility index (Phi) is 6.10. The molecular weight excluding hydrogens is 400 g/mol. The van der Waals surface area contributed by atoms with Crippen LogP contribution in [0.3, 0.4) is 0 Å². The van der Waals surface area contributed by atoms with Gasteiger partial charge in [-0.25, -0.2) is 4.79 Å². The van der Waals surface area contributed by atoms with Gasteiger partial charge < -0.3 is 10.1 Å². The molecule has 0 fully saturated rings. The van der Waals surface area contributed by atoms with Gasteiger partial charge in [-0.05, 0) is 52.5 Å². The summed E-state index contributed by atoms with van der Waals surface area (Å²) in [5.74, 6) is -1.07. The number of halogens is 1. The van der Waals surface area contributed by atoms with Crippen molar-refractivity contribution in [3.63, 3.8) is 0 Å². The number of anilines is 1. The molecule has 5 nitrogen and oxygen atoms in total. The molecule has 0 saturated heterocycles. The van der Waals surface area contributed by atoms with E-state index in [0.717, 1.165) is 8.66 Å². The third kappa shape index (κ3) is 4.51. The van der Waals surface area contributed by atoms with Crippen molar-refractivity contribution in [1.82, 2.24) is 0 Å². The molecule has 0 aromatic carbocycles. The predicted octanol–water partition coefficient (Wildman–Crippen LogP) is 4.29. The molecule has 8 heteroatoms. The van der Waals surface area contributed by atoms with E-state index in [2.05, 4.69) is 21.2 Å². The molecule has 0 aliphatic heterocycles. The third-order valence-corrected chi connectivity index (χ3v) is 5.03. The second-order valence-electron chi connectivity index (χ2n) is 4.15. The number of hydrogen-bond acceptors (Lipinski definition) is 6. The fraction of sp³-hybridized carbons (Fsp3) is 0.133.